The van der Waals surface area contributed by atoms with Crippen molar-refractivity contribution in [2.75, 3.05) is 6.54 Å². The molecule has 1 unspecified atom stereocenters. The lowest BCUT2D eigenvalue weighted by Gasteiger charge is -2.12. The minimum atomic E-state index is 0.309. The average molecular weight is 310 g/mol. The van der Waals surface area contributed by atoms with E-state index in [4.69, 9.17) is 23.2 Å². The van der Waals surface area contributed by atoms with Gasteiger partial charge >= 0.3 is 0 Å². The molecule has 20 heavy (non-hydrogen) atoms. The van der Waals surface area contributed by atoms with Crippen LogP contribution in [0.4, 0.5) is 0 Å². The van der Waals surface area contributed by atoms with Gasteiger partial charge < -0.3 is 10.3 Å². The molecule has 3 rings (SSSR count). The van der Waals surface area contributed by atoms with Gasteiger partial charge in [-0.2, -0.15) is 0 Å². The monoisotopic (exact) mass is 309 g/mol. The van der Waals surface area contributed by atoms with Gasteiger partial charge in [-0.3, -0.25) is 0 Å². The molecule has 0 bridgehead atoms. The maximum absolute atomic E-state index is 6.25. The Kier molecular flexibility index (Phi) is 4.29. The van der Waals surface area contributed by atoms with Crippen molar-refractivity contribution in [1.29, 1.82) is 0 Å². The number of halogens is 2. The standard InChI is InChI=1S/C15H17Cl2N3/c16-11-6-4-5-10(14(11)17)13-9-19-15(20-13)12-7-2-1-3-8-18-12/h4-6,9,12,18H,1-3,7-8H2,(H,19,20). The molecule has 3 nitrogen and oxygen atoms in total. The molecule has 1 aromatic carbocycles. The molecule has 1 aliphatic heterocycles. The Labute approximate surface area is 128 Å². The van der Waals surface area contributed by atoms with Crippen LogP contribution in [0, 0.1) is 0 Å². The third kappa shape index (κ3) is 2.85. The van der Waals surface area contributed by atoms with Gasteiger partial charge in [0.2, 0.25) is 0 Å². The third-order valence-electron chi connectivity index (χ3n) is 3.73. The smallest absolute Gasteiger partial charge is 0.123 e. The van der Waals surface area contributed by atoms with Crippen molar-refractivity contribution in [3.8, 4) is 11.3 Å². The summed E-state index contributed by atoms with van der Waals surface area (Å²) in [6, 6.07) is 5.95. The Bertz CT molecular complexity index is 587. The molecular weight excluding hydrogens is 293 g/mol. The summed E-state index contributed by atoms with van der Waals surface area (Å²) < 4.78 is 0. The number of H-pyrrole nitrogens is 1. The number of hydrogen-bond acceptors (Lipinski definition) is 2. The lowest BCUT2D eigenvalue weighted by molar-refractivity contribution is 0.512. The van der Waals surface area contributed by atoms with Crippen molar-refractivity contribution in [3.63, 3.8) is 0 Å². The van der Waals surface area contributed by atoms with Crippen molar-refractivity contribution < 1.29 is 0 Å². The molecule has 2 aromatic rings. The summed E-state index contributed by atoms with van der Waals surface area (Å²) >= 11 is 12.3. The first-order valence-corrected chi connectivity index (χ1v) is 7.74. The second-order valence-corrected chi connectivity index (χ2v) is 5.92. The molecule has 1 aromatic heterocycles. The van der Waals surface area contributed by atoms with Crippen molar-refractivity contribution in [2.45, 2.75) is 31.7 Å². The molecule has 1 saturated heterocycles. The number of aromatic nitrogens is 2. The Morgan fingerprint density at radius 3 is 2.95 bits per heavy atom. The van der Waals surface area contributed by atoms with E-state index in [2.05, 4.69) is 15.3 Å². The third-order valence-corrected chi connectivity index (χ3v) is 4.55. The lowest BCUT2D eigenvalue weighted by Crippen LogP contribution is -2.21. The largest absolute Gasteiger partial charge is 0.341 e. The summed E-state index contributed by atoms with van der Waals surface area (Å²) in [7, 11) is 0. The van der Waals surface area contributed by atoms with Crippen molar-refractivity contribution in [1.82, 2.24) is 15.3 Å². The molecule has 5 heteroatoms. The number of nitrogens with one attached hydrogen (secondary N) is 2. The zero-order valence-electron chi connectivity index (χ0n) is 11.1. The topological polar surface area (TPSA) is 40.7 Å². The second kappa shape index (κ2) is 6.17. The summed E-state index contributed by atoms with van der Waals surface area (Å²) in [6.45, 7) is 1.05. The zero-order chi connectivity index (χ0) is 13.9. The predicted molar refractivity (Wildman–Crippen MR) is 83.3 cm³/mol. The first-order valence-electron chi connectivity index (χ1n) is 6.98. The predicted octanol–water partition coefficient (Wildman–Crippen LogP) is 4.59. The molecular formula is C15H17Cl2N3. The van der Waals surface area contributed by atoms with E-state index in [0.717, 1.165) is 30.0 Å². The van der Waals surface area contributed by atoms with Crippen molar-refractivity contribution >= 4 is 23.2 Å². The summed E-state index contributed by atoms with van der Waals surface area (Å²) in [4.78, 5) is 7.89. The fraction of sp³-hybridized carbons (Fsp3) is 0.400. The van der Waals surface area contributed by atoms with Crippen LogP contribution in [0.1, 0.15) is 37.5 Å². The van der Waals surface area contributed by atoms with Gasteiger partial charge in [0.1, 0.15) is 5.82 Å². The molecule has 2 N–H and O–H groups in total. The summed E-state index contributed by atoms with van der Waals surface area (Å²) in [5.41, 5.74) is 1.81. The maximum Gasteiger partial charge on any atom is 0.123 e. The average Bonchev–Trinajstić information content (AvgIpc) is 2.77. The van der Waals surface area contributed by atoms with Crippen LogP contribution in [-0.2, 0) is 0 Å². The Morgan fingerprint density at radius 2 is 2.05 bits per heavy atom. The fourth-order valence-electron chi connectivity index (χ4n) is 2.62. The Morgan fingerprint density at radius 1 is 1.15 bits per heavy atom. The lowest BCUT2D eigenvalue weighted by atomic mass is 10.1. The van der Waals surface area contributed by atoms with Gasteiger partial charge in [-0.25, -0.2) is 4.98 Å². The van der Waals surface area contributed by atoms with Gasteiger partial charge in [0.05, 0.1) is 28.0 Å². The van der Waals surface area contributed by atoms with E-state index in [1.165, 1.54) is 19.3 Å². The Balaban J connectivity index is 1.87. The molecule has 106 valence electrons. The van der Waals surface area contributed by atoms with Gasteiger partial charge in [-0.15, -0.1) is 0 Å². The van der Waals surface area contributed by atoms with Crippen LogP contribution >= 0.6 is 23.2 Å². The second-order valence-electron chi connectivity index (χ2n) is 5.14. The molecule has 0 radical (unpaired) electrons. The molecule has 2 heterocycles. The van der Waals surface area contributed by atoms with E-state index in [9.17, 15) is 0 Å². The molecule has 1 aliphatic rings. The first kappa shape index (κ1) is 13.9. The number of rotatable bonds is 2. The highest BCUT2D eigenvalue weighted by atomic mass is 35.5. The summed E-state index contributed by atoms with van der Waals surface area (Å²) in [5, 5.41) is 4.67. The van der Waals surface area contributed by atoms with Crippen LogP contribution in [0.2, 0.25) is 10.0 Å². The van der Waals surface area contributed by atoms with Crippen LogP contribution in [0.15, 0.2) is 24.4 Å². The minimum Gasteiger partial charge on any atom is -0.341 e. The molecule has 1 fully saturated rings. The van der Waals surface area contributed by atoms with E-state index < -0.39 is 0 Å². The highest BCUT2D eigenvalue weighted by Gasteiger charge is 2.17. The Hall–Kier alpha value is -1.03. The quantitative estimate of drug-likeness (QED) is 0.852. The fourth-order valence-corrected chi connectivity index (χ4v) is 3.03. The number of benzene rings is 1. The summed E-state index contributed by atoms with van der Waals surface area (Å²) in [6.07, 6.45) is 6.72. The van der Waals surface area contributed by atoms with E-state index in [1.54, 1.807) is 6.07 Å². The molecule has 0 spiro atoms. The van der Waals surface area contributed by atoms with Crippen molar-refractivity contribution in [3.05, 3.63) is 40.3 Å². The SMILES string of the molecule is Clc1cccc(-c2cnc(C3CCCCCN3)[nH]2)c1Cl. The number of aromatic amines is 1. The van der Waals surface area contributed by atoms with E-state index in [0.29, 0.717) is 16.1 Å². The first-order chi connectivity index (χ1) is 9.75. The zero-order valence-corrected chi connectivity index (χ0v) is 12.6. The number of nitrogens with zero attached hydrogens (tertiary/aromatic N) is 1. The highest BCUT2D eigenvalue weighted by Crippen LogP contribution is 2.33. The van der Waals surface area contributed by atoms with Gasteiger partial charge in [-0.05, 0) is 25.5 Å². The highest BCUT2D eigenvalue weighted by molar-refractivity contribution is 6.43. The van der Waals surface area contributed by atoms with Crippen LogP contribution in [0.3, 0.4) is 0 Å². The molecule has 0 saturated carbocycles. The minimum absolute atomic E-state index is 0.309. The van der Waals surface area contributed by atoms with Crippen LogP contribution in [0.25, 0.3) is 11.3 Å². The normalized spacial score (nSPS) is 19.8. The van der Waals surface area contributed by atoms with Gasteiger partial charge in [-0.1, -0.05) is 48.2 Å². The van der Waals surface area contributed by atoms with E-state index in [1.807, 2.05) is 18.3 Å². The number of hydrogen-bond donors (Lipinski definition) is 2. The van der Waals surface area contributed by atoms with Gasteiger partial charge in [0.25, 0.3) is 0 Å². The van der Waals surface area contributed by atoms with Crippen molar-refractivity contribution in [2.24, 2.45) is 0 Å². The van der Waals surface area contributed by atoms with Gasteiger partial charge in [0.15, 0.2) is 0 Å². The number of imidazole rings is 1. The van der Waals surface area contributed by atoms with Gasteiger partial charge in [0, 0.05) is 5.56 Å². The van der Waals surface area contributed by atoms with Crippen LogP contribution in [-0.4, -0.2) is 16.5 Å². The molecule has 0 aliphatic carbocycles. The molecule has 1 atom stereocenters. The summed E-state index contributed by atoms with van der Waals surface area (Å²) in [5.74, 6) is 0.984. The van der Waals surface area contributed by atoms with Crippen LogP contribution < -0.4 is 5.32 Å². The maximum atomic E-state index is 6.25. The van der Waals surface area contributed by atoms with E-state index >= 15 is 0 Å². The van der Waals surface area contributed by atoms with E-state index in [-0.39, 0.29) is 0 Å². The van der Waals surface area contributed by atoms with Crippen LogP contribution in [0.5, 0.6) is 0 Å². The molecule has 0 amide bonds.